The lowest BCUT2D eigenvalue weighted by molar-refractivity contribution is 0.231. The number of aromatic nitrogens is 2. The van der Waals surface area contributed by atoms with Crippen LogP contribution in [0.3, 0.4) is 0 Å². The van der Waals surface area contributed by atoms with Crippen LogP contribution in [0.1, 0.15) is 38.4 Å². The van der Waals surface area contributed by atoms with Gasteiger partial charge in [-0.3, -0.25) is 4.90 Å². The molecule has 0 radical (unpaired) electrons. The number of anilines is 1. The Bertz CT molecular complexity index is 465. The summed E-state index contributed by atoms with van der Waals surface area (Å²) in [7, 11) is 0. The fourth-order valence-electron chi connectivity index (χ4n) is 2.78. The Morgan fingerprint density at radius 2 is 1.90 bits per heavy atom. The van der Waals surface area contributed by atoms with E-state index in [2.05, 4.69) is 50.6 Å². The maximum atomic E-state index is 4.77. The molecule has 2 aliphatic rings. The number of nitrogens with zero attached hydrogens (tertiary/aromatic N) is 4. The smallest absolute Gasteiger partial charge is 0.135 e. The number of halogens is 1. The van der Waals surface area contributed by atoms with Gasteiger partial charge in [-0.25, -0.2) is 9.97 Å². The molecule has 2 heterocycles. The summed E-state index contributed by atoms with van der Waals surface area (Å²) in [5, 5.41) is 0. The quantitative estimate of drug-likeness (QED) is 0.790. The van der Waals surface area contributed by atoms with E-state index in [4.69, 9.17) is 4.98 Å². The second kappa shape index (κ2) is 5.98. The van der Waals surface area contributed by atoms with Crippen molar-refractivity contribution in [2.45, 2.75) is 32.6 Å². The normalized spacial score (nSPS) is 20.7. The first kappa shape index (κ1) is 14.3. The zero-order valence-corrected chi connectivity index (χ0v) is 13.9. The van der Waals surface area contributed by atoms with Crippen molar-refractivity contribution in [1.29, 1.82) is 0 Å². The van der Waals surface area contributed by atoms with Crippen molar-refractivity contribution in [2.24, 2.45) is 5.92 Å². The fourth-order valence-corrected chi connectivity index (χ4v) is 3.17. The highest BCUT2D eigenvalue weighted by Gasteiger charge is 2.28. The summed E-state index contributed by atoms with van der Waals surface area (Å²) in [5.74, 6) is 3.47. The molecule has 4 nitrogen and oxygen atoms in total. The molecule has 1 aromatic rings. The summed E-state index contributed by atoms with van der Waals surface area (Å²) in [6.45, 7) is 10.2. The average Bonchev–Trinajstić information content (AvgIpc) is 3.22. The van der Waals surface area contributed by atoms with E-state index in [1.54, 1.807) is 0 Å². The van der Waals surface area contributed by atoms with E-state index < -0.39 is 0 Å². The topological polar surface area (TPSA) is 32.3 Å². The second-order valence-corrected chi connectivity index (χ2v) is 7.18. The van der Waals surface area contributed by atoms with Gasteiger partial charge in [-0.15, -0.1) is 0 Å². The van der Waals surface area contributed by atoms with E-state index in [0.29, 0.717) is 5.92 Å². The average molecular weight is 339 g/mol. The number of piperazine rings is 1. The second-order valence-electron chi connectivity index (χ2n) is 6.36. The first-order valence-corrected chi connectivity index (χ1v) is 8.43. The van der Waals surface area contributed by atoms with E-state index in [9.17, 15) is 0 Å². The van der Waals surface area contributed by atoms with Gasteiger partial charge >= 0.3 is 0 Å². The standard InChI is InChI=1S/C15H23BrN4/c1-11(2)10-19-5-7-20(8-6-19)14-9-13(16)17-15(18-14)12-3-4-12/h9,11-12H,3-8,10H2,1-2H3. The monoisotopic (exact) mass is 338 g/mol. The number of rotatable bonds is 4. The van der Waals surface area contributed by atoms with Gasteiger partial charge in [0.05, 0.1) is 0 Å². The maximum Gasteiger partial charge on any atom is 0.135 e. The van der Waals surface area contributed by atoms with Crippen molar-refractivity contribution in [3.63, 3.8) is 0 Å². The Labute approximate surface area is 129 Å². The van der Waals surface area contributed by atoms with E-state index in [0.717, 1.165) is 48.3 Å². The molecule has 0 spiro atoms. The van der Waals surface area contributed by atoms with Crippen molar-refractivity contribution >= 4 is 21.7 Å². The molecule has 1 aliphatic carbocycles. The van der Waals surface area contributed by atoms with Crippen LogP contribution < -0.4 is 4.90 Å². The molecule has 0 aromatic carbocycles. The Morgan fingerprint density at radius 1 is 1.20 bits per heavy atom. The van der Waals surface area contributed by atoms with Crippen molar-refractivity contribution in [3.05, 3.63) is 16.5 Å². The summed E-state index contributed by atoms with van der Waals surface area (Å²) in [5.41, 5.74) is 0. The summed E-state index contributed by atoms with van der Waals surface area (Å²) in [4.78, 5) is 14.2. The summed E-state index contributed by atoms with van der Waals surface area (Å²) in [6, 6.07) is 2.06. The van der Waals surface area contributed by atoms with Crippen LogP contribution in [0.25, 0.3) is 0 Å². The molecular formula is C15H23BrN4. The van der Waals surface area contributed by atoms with Gasteiger partial charge < -0.3 is 4.90 Å². The molecule has 1 saturated carbocycles. The highest BCUT2D eigenvalue weighted by atomic mass is 79.9. The Kier molecular flexibility index (Phi) is 4.26. The van der Waals surface area contributed by atoms with Crippen molar-refractivity contribution in [3.8, 4) is 0 Å². The molecule has 0 N–H and O–H groups in total. The molecule has 5 heteroatoms. The molecular weight excluding hydrogens is 316 g/mol. The van der Waals surface area contributed by atoms with Crippen LogP contribution in [0.5, 0.6) is 0 Å². The van der Waals surface area contributed by atoms with Gasteiger partial charge in [0.1, 0.15) is 16.2 Å². The number of hydrogen-bond donors (Lipinski definition) is 0. The molecule has 0 unspecified atom stereocenters. The highest BCUT2D eigenvalue weighted by Crippen LogP contribution is 2.39. The van der Waals surface area contributed by atoms with Gasteiger partial charge in [-0.05, 0) is 34.7 Å². The van der Waals surface area contributed by atoms with Crippen LogP contribution in [-0.2, 0) is 0 Å². The zero-order chi connectivity index (χ0) is 14.1. The van der Waals surface area contributed by atoms with E-state index >= 15 is 0 Å². The van der Waals surface area contributed by atoms with Crippen LogP contribution in [0.2, 0.25) is 0 Å². The van der Waals surface area contributed by atoms with Gasteiger partial charge in [0.2, 0.25) is 0 Å². The molecule has 1 saturated heterocycles. The lowest BCUT2D eigenvalue weighted by Gasteiger charge is -2.36. The van der Waals surface area contributed by atoms with Crippen LogP contribution in [0.15, 0.2) is 10.7 Å². The third-order valence-electron chi connectivity index (χ3n) is 3.96. The molecule has 1 aliphatic heterocycles. The summed E-state index contributed by atoms with van der Waals surface area (Å²) < 4.78 is 0.925. The Hall–Kier alpha value is -0.680. The maximum absolute atomic E-state index is 4.77. The minimum absolute atomic E-state index is 0.605. The van der Waals surface area contributed by atoms with Crippen LogP contribution in [-0.4, -0.2) is 47.6 Å². The van der Waals surface area contributed by atoms with Crippen LogP contribution in [0.4, 0.5) is 5.82 Å². The van der Waals surface area contributed by atoms with Gasteiger partial charge in [-0.1, -0.05) is 13.8 Å². The molecule has 0 bridgehead atoms. The van der Waals surface area contributed by atoms with Crippen molar-refractivity contribution in [2.75, 3.05) is 37.6 Å². The first-order valence-electron chi connectivity index (χ1n) is 7.63. The van der Waals surface area contributed by atoms with E-state index in [1.165, 1.54) is 19.4 Å². The predicted molar refractivity (Wildman–Crippen MR) is 85.2 cm³/mol. The Balaban J connectivity index is 1.65. The van der Waals surface area contributed by atoms with Gasteiger partial charge in [0.25, 0.3) is 0 Å². The summed E-state index contributed by atoms with van der Waals surface area (Å²) in [6.07, 6.45) is 2.50. The molecule has 1 aromatic heterocycles. The largest absolute Gasteiger partial charge is 0.354 e. The zero-order valence-electron chi connectivity index (χ0n) is 12.3. The SMILES string of the molecule is CC(C)CN1CCN(c2cc(Br)nc(C3CC3)n2)CC1. The molecule has 2 fully saturated rings. The molecule has 20 heavy (non-hydrogen) atoms. The molecule has 0 amide bonds. The molecule has 0 atom stereocenters. The van der Waals surface area contributed by atoms with Crippen molar-refractivity contribution < 1.29 is 0 Å². The highest BCUT2D eigenvalue weighted by molar-refractivity contribution is 9.10. The minimum Gasteiger partial charge on any atom is -0.354 e. The minimum atomic E-state index is 0.605. The Morgan fingerprint density at radius 3 is 2.50 bits per heavy atom. The predicted octanol–water partition coefficient (Wildman–Crippen LogP) is 2.89. The lowest BCUT2D eigenvalue weighted by Crippen LogP contribution is -2.47. The summed E-state index contributed by atoms with van der Waals surface area (Å²) >= 11 is 3.53. The van der Waals surface area contributed by atoms with Gasteiger partial charge in [0.15, 0.2) is 0 Å². The van der Waals surface area contributed by atoms with Crippen LogP contribution in [0, 0.1) is 5.92 Å². The molecule has 110 valence electrons. The van der Waals surface area contributed by atoms with Crippen LogP contribution >= 0.6 is 15.9 Å². The van der Waals surface area contributed by atoms with E-state index in [-0.39, 0.29) is 0 Å². The van der Waals surface area contributed by atoms with Gasteiger partial charge in [-0.2, -0.15) is 0 Å². The third kappa shape index (κ3) is 3.50. The first-order chi connectivity index (χ1) is 9.61. The third-order valence-corrected chi connectivity index (χ3v) is 4.37. The number of hydrogen-bond acceptors (Lipinski definition) is 4. The van der Waals surface area contributed by atoms with Crippen molar-refractivity contribution in [1.82, 2.24) is 14.9 Å². The lowest BCUT2D eigenvalue weighted by atomic mass is 10.2. The molecule has 3 rings (SSSR count). The fraction of sp³-hybridized carbons (Fsp3) is 0.733. The van der Waals surface area contributed by atoms with E-state index in [1.807, 2.05) is 0 Å². The van der Waals surface area contributed by atoms with Gasteiger partial charge in [0, 0.05) is 44.7 Å².